The van der Waals surface area contributed by atoms with Gasteiger partial charge in [-0.05, 0) is 37.9 Å². The predicted molar refractivity (Wildman–Crippen MR) is 88.5 cm³/mol. The van der Waals surface area contributed by atoms with Crippen LogP contribution < -0.4 is 0 Å². The summed E-state index contributed by atoms with van der Waals surface area (Å²) in [6.07, 6.45) is 2.32. The summed E-state index contributed by atoms with van der Waals surface area (Å²) in [6, 6.07) is 6.55. The number of aliphatic hydroxyl groups is 1. The van der Waals surface area contributed by atoms with Crippen molar-refractivity contribution in [1.82, 2.24) is 4.90 Å². The first-order valence-corrected chi connectivity index (χ1v) is 7.72. The van der Waals surface area contributed by atoms with E-state index < -0.39 is 6.10 Å². The highest BCUT2D eigenvalue weighted by Crippen LogP contribution is 2.13. The van der Waals surface area contributed by atoms with Gasteiger partial charge >= 0.3 is 0 Å². The van der Waals surface area contributed by atoms with Gasteiger partial charge < -0.3 is 9.84 Å². The molecule has 0 bridgehead atoms. The van der Waals surface area contributed by atoms with Crippen LogP contribution >= 0.6 is 0 Å². The molecule has 0 aliphatic rings. The molecule has 0 heterocycles. The van der Waals surface area contributed by atoms with Crippen LogP contribution in [0.2, 0.25) is 0 Å². The second-order valence-electron chi connectivity index (χ2n) is 5.65. The summed E-state index contributed by atoms with van der Waals surface area (Å²) in [5.41, 5.74) is 3.93. The lowest BCUT2D eigenvalue weighted by Crippen LogP contribution is -2.35. The maximum absolute atomic E-state index is 10.1. The van der Waals surface area contributed by atoms with Crippen LogP contribution in [0.15, 0.2) is 30.9 Å². The van der Waals surface area contributed by atoms with Crippen molar-refractivity contribution in [2.24, 2.45) is 0 Å². The van der Waals surface area contributed by atoms with Crippen molar-refractivity contribution in [2.75, 3.05) is 26.3 Å². The molecule has 118 valence electrons. The summed E-state index contributed by atoms with van der Waals surface area (Å²) in [4.78, 5) is 2.29. The van der Waals surface area contributed by atoms with Gasteiger partial charge in [0.25, 0.3) is 0 Å². The Morgan fingerprint density at radius 3 is 2.76 bits per heavy atom. The van der Waals surface area contributed by atoms with E-state index >= 15 is 0 Å². The van der Waals surface area contributed by atoms with Crippen molar-refractivity contribution >= 4 is 0 Å². The van der Waals surface area contributed by atoms with Crippen LogP contribution in [-0.2, 0) is 11.3 Å². The molecule has 1 atom stereocenters. The van der Waals surface area contributed by atoms with Gasteiger partial charge in [0.15, 0.2) is 0 Å². The van der Waals surface area contributed by atoms with Crippen LogP contribution in [0.4, 0.5) is 0 Å². The summed E-state index contributed by atoms with van der Waals surface area (Å²) < 4.78 is 5.32. The lowest BCUT2D eigenvalue weighted by atomic mass is 10.1. The Morgan fingerprint density at radius 2 is 2.14 bits per heavy atom. The van der Waals surface area contributed by atoms with Gasteiger partial charge in [-0.15, -0.1) is 6.58 Å². The van der Waals surface area contributed by atoms with Crippen LogP contribution in [0, 0.1) is 13.8 Å². The van der Waals surface area contributed by atoms with Crippen molar-refractivity contribution in [3.8, 4) is 0 Å². The third kappa shape index (κ3) is 6.89. The second-order valence-corrected chi connectivity index (χ2v) is 5.65. The molecule has 1 rings (SSSR count). The number of nitrogens with zero attached hydrogens (tertiary/aromatic N) is 1. The van der Waals surface area contributed by atoms with Crippen molar-refractivity contribution in [1.29, 1.82) is 0 Å². The standard InChI is InChI=1S/C18H29NO2/c1-5-9-19(13-18(20)14-21-10-6-2)12-17-8-7-15(3)11-16(17)4/h6-8,11,18,20H,2,5,9-10,12-14H2,1,3-4H3. The molecule has 0 fully saturated rings. The summed E-state index contributed by atoms with van der Waals surface area (Å²) in [5.74, 6) is 0. The van der Waals surface area contributed by atoms with Gasteiger partial charge in [-0.25, -0.2) is 0 Å². The van der Waals surface area contributed by atoms with Gasteiger partial charge in [-0.1, -0.05) is 36.8 Å². The van der Waals surface area contributed by atoms with E-state index in [2.05, 4.69) is 50.4 Å². The molecule has 3 heteroatoms. The molecule has 0 saturated heterocycles. The predicted octanol–water partition coefficient (Wildman–Crippen LogP) is 3.08. The molecule has 1 N–H and O–H groups in total. The molecule has 3 nitrogen and oxygen atoms in total. The van der Waals surface area contributed by atoms with E-state index in [-0.39, 0.29) is 0 Å². The Labute approximate surface area is 129 Å². The van der Waals surface area contributed by atoms with Crippen LogP contribution in [0.25, 0.3) is 0 Å². The molecule has 1 unspecified atom stereocenters. The highest BCUT2D eigenvalue weighted by molar-refractivity contribution is 5.30. The van der Waals surface area contributed by atoms with Gasteiger partial charge in [-0.2, -0.15) is 0 Å². The highest BCUT2D eigenvalue weighted by Gasteiger charge is 2.12. The number of hydrogen-bond acceptors (Lipinski definition) is 3. The third-order valence-electron chi connectivity index (χ3n) is 3.45. The first-order chi connectivity index (χ1) is 10.1. The van der Waals surface area contributed by atoms with Crippen LogP contribution in [0.5, 0.6) is 0 Å². The molecular formula is C18H29NO2. The molecule has 0 radical (unpaired) electrons. The zero-order valence-corrected chi connectivity index (χ0v) is 13.6. The Bertz CT molecular complexity index is 431. The topological polar surface area (TPSA) is 32.7 Å². The zero-order chi connectivity index (χ0) is 15.7. The highest BCUT2D eigenvalue weighted by atomic mass is 16.5. The van der Waals surface area contributed by atoms with E-state index in [1.807, 2.05) is 0 Å². The minimum atomic E-state index is -0.456. The van der Waals surface area contributed by atoms with Crippen LogP contribution in [0.1, 0.15) is 30.0 Å². The van der Waals surface area contributed by atoms with E-state index in [9.17, 15) is 5.11 Å². The molecule has 0 aliphatic heterocycles. The third-order valence-corrected chi connectivity index (χ3v) is 3.45. The SMILES string of the molecule is C=CCOCC(O)CN(CCC)Cc1ccc(C)cc1C. The monoisotopic (exact) mass is 291 g/mol. The largest absolute Gasteiger partial charge is 0.389 e. The fourth-order valence-electron chi connectivity index (χ4n) is 2.45. The first kappa shape index (κ1) is 17.9. The van der Waals surface area contributed by atoms with E-state index in [1.54, 1.807) is 6.08 Å². The summed E-state index contributed by atoms with van der Waals surface area (Å²) in [7, 11) is 0. The molecule has 0 saturated carbocycles. The number of aryl methyl sites for hydroxylation is 2. The maximum Gasteiger partial charge on any atom is 0.0900 e. The zero-order valence-electron chi connectivity index (χ0n) is 13.6. The molecule has 0 aromatic heterocycles. The minimum absolute atomic E-state index is 0.360. The van der Waals surface area contributed by atoms with Gasteiger partial charge in [0.05, 0.1) is 19.3 Å². The average Bonchev–Trinajstić information content (AvgIpc) is 2.42. The normalized spacial score (nSPS) is 12.6. The molecule has 21 heavy (non-hydrogen) atoms. The van der Waals surface area contributed by atoms with Gasteiger partial charge in [0.1, 0.15) is 0 Å². The lowest BCUT2D eigenvalue weighted by Gasteiger charge is -2.25. The quantitative estimate of drug-likeness (QED) is 0.531. The van der Waals surface area contributed by atoms with Crippen LogP contribution in [0.3, 0.4) is 0 Å². The van der Waals surface area contributed by atoms with Gasteiger partial charge in [0.2, 0.25) is 0 Å². The Hall–Kier alpha value is -1.16. The van der Waals surface area contributed by atoms with E-state index in [1.165, 1.54) is 16.7 Å². The average molecular weight is 291 g/mol. The van der Waals surface area contributed by atoms with Crippen molar-refractivity contribution in [2.45, 2.75) is 39.8 Å². The molecule has 0 spiro atoms. The smallest absolute Gasteiger partial charge is 0.0900 e. The van der Waals surface area contributed by atoms with Crippen molar-refractivity contribution < 1.29 is 9.84 Å². The maximum atomic E-state index is 10.1. The molecular weight excluding hydrogens is 262 g/mol. The number of rotatable bonds is 10. The number of ether oxygens (including phenoxy) is 1. The van der Waals surface area contributed by atoms with Crippen molar-refractivity contribution in [3.63, 3.8) is 0 Å². The fraction of sp³-hybridized carbons (Fsp3) is 0.556. The molecule has 1 aromatic rings. The second kappa shape index (κ2) is 9.72. The molecule has 0 aliphatic carbocycles. The Balaban J connectivity index is 2.57. The first-order valence-electron chi connectivity index (χ1n) is 7.72. The van der Waals surface area contributed by atoms with E-state index in [0.717, 1.165) is 19.5 Å². The number of aliphatic hydroxyl groups excluding tert-OH is 1. The van der Waals surface area contributed by atoms with Crippen molar-refractivity contribution in [3.05, 3.63) is 47.5 Å². The fourth-order valence-corrected chi connectivity index (χ4v) is 2.45. The summed E-state index contributed by atoms with van der Waals surface area (Å²) in [6.45, 7) is 13.4. The Kier molecular flexibility index (Phi) is 8.28. The summed E-state index contributed by atoms with van der Waals surface area (Å²) >= 11 is 0. The lowest BCUT2D eigenvalue weighted by molar-refractivity contribution is 0.0246. The number of benzene rings is 1. The number of hydrogen-bond donors (Lipinski definition) is 1. The minimum Gasteiger partial charge on any atom is -0.389 e. The summed E-state index contributed by atoms with van der Waals surface area (Å²) in [5, 5.41) is 10.1. The molecule has 0 amide bonds. The van der Waals surface area contributed by atoms with E-state index in [0.29, 0.717) is 19.8 Å². The Morgan fingerprint density at radius 1 is 1.38 bits per heavy atom. The van der Waals surface area contributed by atoms with E-state index in [4.69, 9.17) is 4.74 Å². The van der Waals surface area contributed by atoms with Gasteiger partial charge in [0, 0.05) is 13.1 Å². The molecule has 1 aromatic carbocycles. The van der Waals surface area contributed by atoms with Crippen LogP contribution in [-0.4, -0.2) is 42.4 Å². The van der Waals surface area contributed by atoms with Gasteiger partial charge in [-0.3, -0.25) is 4.90 Å².